The zero-order chi connectivity index (χ0) is 27.9. The molecule has 0 amide bonds. The zero-order valence-electron chi connectivity index (χ0n) is 22.9. The lowest BCUT2D eigenvalue weighted by atomic mass is 9.94. The van der Waals surface area contributed by atoms with E-state index in [0.29, 0.717) is 0 Å². The number of hydrogen-bond donors (Lipinski definition) is 0. The van der Waals surface area contributed by atoms with Gasteiger partial charge in [-0.05, 0) is 81.6 Å². The maximum atomic E-state index is 6.43. The molecule has 7 aromatic carbocycles. The second-order valence-electron chi connectivity index (χ2n) is 10.6. The van der Waals surface area contributed by atoms with Crippen LogP contribution in [-0.2, 0) is 0 Å². The topological polar surface area (TPSA) is 16.4 Å². The molecular formula is C40H27NO. The molecule has 2 heteroatoms. The molecule has 0 saturated carbocycles. The van der Waals surface area contributed by atoms with Gasteiger partial charge in [0.15, 0.2) is 0 Å². The summed E-state index contributed by atoms with van der Waals surface area (Å²) in [4.78, 5) is 2.29. The summed E-state index contributed by atoms with van der Waals surface area (Å²) in [5, 5.41) is 4.67. The van der Waals surface area contributed by atoms with Gasteiger partial charge in [-0.15, -0.1) is 0 Å². The van der Waals surface area contributed by atoms with Crippen LogP contribution in [0, 0.1) is 0 Å². The monoisotopic (exact) mass is 537 g/mol. The first-order valence-corrected chi connectivity index (χ1v) is 14.3. The van der Waals surface area contributed by atoms with E-state index in [-0.39, 0.29) is 0 Å². The van der Waals surface area contributed by atoms with Crippen molar-refractivity contribution >= 4 is 49.8 Å². The van der Waals surface area contributed by atoms with E-state index in [0.717, 1.165) is 39.0 Å². The zero-order valence-corrected chi connectivity index (χ0v) is 22.9. The Balaban J connectivity index is 1.23. The van der Waals surface area contributed by atoms with Gasteiger partial charge in [0, 0.05) is 33.9 Å². The van der Waals surface area contributed by atoms with Gasteiger partial charge in [-0.1, -0.05) is 109 Å². The molecule has 0 aliphatic carbocycles. The third-order valence-corrected chi connectivity index (χ3v) is 8.04. The van der Waals surface area contributed by atoms with E-state index in [2.05, 4.69) is 169 Å². The van der Waals surface area contributed by atoms with E-state index in [1.165, 1.54) is 33.0 Å². The van der Waals surface area contributed by atoms with Gasteiger partial charge < -0.3 is 9.32 Å². The summed E-state index contributed by atoms with van der Waals surface area (Å²) in [6.07, 6.45) is 0. The molecule has 8 aromatic rings. The van der Waals surface area contributed by atoms with Gasteiger partial charge in [0.2, 0.25) is 0 Å². The van der Waals surface area contributed by atoms with Gasteiger partial charge in [0.25, 0.3) is 0 Å². The molecule has 1 aromatic heterocycles. The van der Waals surface area contributed by atoms with Crippen molar-refractivity contribution in [1.82, 2.24) is 0 Å². The highest BCUT2D eigenvalue weighted by molar-refractivity contribution is 6.10. The Morgan fingerprint density at radius 1 is 0.357 bits per heavy atom. The number of anilines is 3. The fourth-order valence-electron chi connectivity index (χ4n) is 6.01. The van der Waals surface area contributed by atoms with E-state index in [4.69, 9.17) is 4.42 Å². The largest absolute Gasteiger partial charge is 0.456 e. The summed E-state index contributed by atoms with van der Waals surface area (Å²) >= 11 is 0. The van der Waals surface area contributed by atoms with Gasteiger partial charge in [-0.2, -0.15) is 0 Å². The first kappa shape index (κ1) is 24.2. The molecule has 2 nitrogen and oxygen atoms in total. The van der Waals surface area contributed by atoms with E-state index in [9.17, 15) is 0 Å². The van der Waals surface area contributed by atoms with Crippen molar-refractivity contribution in [3.8, 4) is 22.3 Å². The summed E-state index contributed by atoms with van der Waals surface area (Å²) in [6.45, 7) is 0. The Kier molecular flexibility index (Phi) is 5.82. The standard InChI is InChI=1S/C40H27NO/c1-3-11-28(12-4-1)35-17-9-10-18-36(35)29-19-21-33(22-20-29)41(32-15-5-2-6-16-32)34-23-24-37-38-25-30-13-7-8-14-31(30)26-39(38)42-40(37)27-34/h1-27H. The molecule has 0 fully saturated rings. The van der Waals surface area contributed by atoms with Crippen LogP contribution in [-0.4, -0.2) is 0 Å². The molecule has 0 atom stereocenters. The van der Waals surface area contributed by atoms with Crippen LogP contribution < -0.4 is 4.90 Å². The minimum absolute atomic E-state index is 0.882. The number of para-hydroxylation sites is 1. The molecule has 0 aliphatic rings. The maximum Gasteiger partial charge on any atom is 0.137 e. The van der Waals surface area contributed by atoms with Crippen LogP contribution in [0.15, 0.2) is 168 Å². The molecule has 42 heavy (non-hydrogen) atoms. The molecule has 0 aliphatic heterocycles. The minimum Gasteiger partial charge on any atom is -0.456 e. The fourth-order valence-corrected chi connectivity index (χ4v) is 6.01. The van der Waals surface area contributed by atoms with Crippen molar-refractivity contribution in [2.45, 2.75) is 0 Å². The van der Waals surface area contributed by atoms with E-state index in [1.807, 2.05) is 0 Å². The average Bonchev–Trinajstić information content (AvgIpc) is 3.41. The minimum atomic E-state index is 0.882. The molecule has 0 saturated heterocycles. The molecule has 0 radical (unpaired) electrons. The highest BCUT2D eigenvalue weighted by Gasteiger charge is 2.16. The van der Waals surface area contributed by atoms with Crippen molar-refractivity contribution in [2.75, 3.05) is 4.90 Å². The second-order valence-corrected chi connectivity index (χ2v) is 10.6. The molecule has 0 spiro atoms. The van der Waals surface area contributed by atoms with Crippen LogP contribution in [0.2, 0.25) is 0 Å². The molecule has 0 bridgehead atoms. The Morgan fingerprint density at radius 2 is 0.881 bits per heavy atom. The third-order valence-electron chi connectivity index (χ3n) is 8.04. The van der Waals surface area contributed by atoms with Crippen LogP contribution in [0.1, 0.15) is 0 Å². The van der Waals surface area contributed by atoms with Crippen LogP contribution in [0.5, 0.6) is 0 Å². The normalized spacial score (nSPS) is 11.3. The first-order chi connectivity index (χ1) is 20.8. The quantitative estimate of drug-likeness (QED) is 0.217. The van der Waals surface area contributed by atoms with Crippen molar-refractivity contribution in [2.24, 2.45) is 0 Å². The second kappa shape index (κ2) is 10.1. The van der Waals surface area contributed by atoms with E-state index in [1.54, 1.807) is 0 Å². The lowest BCUT2D eigenvalue weighted by molar-refractivity contribution is 0.669. The SMILES string of the molecule is c1ccc(-c2ccccc2-c2ccc(N(c3ccccc3)c3ccc4c(c3)oc3cc5ccccc5cc34)cc2)cc1. The van der Waals surface area contributed by atoms with Crippen molar-refractivity contribution < 1.29 is 4.42 Å². The number of fused-ring (bicyclic) bond motifs is 4. The average molecular weight is 538 g/mol. The molecule has 0 unspecified atom stereocenters. The fraction of sp³-hybridized carbons (Fsp3) is 0. The van der Waals surface area contributed by atoms with Crippen LogP contribution in [0.4, 0.5) is 17.1 Å². The predicted molar refractivity (Wildman–Crippen MR) is 177 cm³/mol. The molecule has 0 N–H and O–H groups in total. The Labute approximate surface area is 244 Å². The maximum absolute atomic E-state index is 6.43. The third kappa shape index (κ3) is 4.22. The summed E-state index contributed by atoms with van der Waals surface area (Å²) in [5.41, 5.74) is 9.88. The van der Waals surface area contributed by atoms with Crippen molar-refractivity contribution in [3.63, 3.8) is 0 Å². The van der Waals surface area contributed by atoms with Gasteiger partial charge >= 0.3 is 0 Å². The van der Waals surface area contributed by atoms with Gasteiger partial charge in [-0.3, -0.25) is 0 Å². The Hall–Kier alpha value is -5.60. The summed E-state index contributed by atoms with van der Waals surface area (Å²) in [5.74, 6) is 0. The smallest absolute Gasteiger partial charge is 0.137 e. The van der Waals surface area contributed by atoms with Crippen LogP contribution >= 0.6 is 0 Å². The number of rotatable bonds is 5. The van der Waals surface area contributed by atoms with Crippen LogP contribution in [0.25, 0.3) is 55.0 Å². The summed E-state index contributed by atoms with van der Waals surface area (Å²) in [6, 6.07) is 57.9. The predicted octanol–water partition coefficient (Wildman–Crippen LogP) is 11.5. The molecular weight excluding hydrogens is 510 g/mol. The number of hydrogen-bond acceptors (Lipinski definition) is 2. The highest BCUT2D eigenvalue weighted by Crippen LogP contribution is 2.40. The lowest BCUT2D eigenvalue weighted by Gasteiger charge is -2.25. The molecule has 1 heterocycles. The van der Waals surface area contributed by atoms with Crippen LogP contribution in [0.3, 0.4) is 0 Å². The lowest BCUT2D eigenvalue weighted by Crippen LogP contribution is -2.09. The van der Waals surface area contributed by atoms with Crippen molar-refractivity contribution in [1.29, 1.82) is 0 Å². The number of benzene rings is 7. The summed E-state index contributed by atoms with van der Waals surface area (Å²) in [7, 11) is 0. The Bertz CT molecular complexity index is 2180. The molecule has 8 rings (SSSR count). The van der Waals surface area contributed by atoms with E-state index < -0.39 is 0 Å². The number of nitrogens with zero attached hydrogens (tertiary/aromatic N) is 1. The first-order valence-electron chi connectivity index (χ1n) is 14.3. The van der Waals surface area contributed by atoms with Gasteiger partial charge in [0.05, 0.1) is 0 Å². The van der Waals surface area contributed by atoms with E-state index >= 15 is 0 Å². The van der Waals surface area contributed by atoms with Crippen molar-refractivity contribution in [3.05, 3.63) is 164 Å². The van der Waals surface area contributed by atoms with Gasteiger partial charge in [0.1, 0.15) is 11.2 Å². The molecule has 198 valence electrons. The Morgan fingerprint density at radius 3 is 1.60 bits per heavy atom. The highest BCUT2D eigenvalue weighted by atomic mass is 16.3. The van der Waals surface area contributed by atoms with Gasteiger partial charge in [-0.25, -0.2) is 0 Å². The number of furan rings is 1. The summed E-state index contributed by atoms with van der Waals surface area (Å²) < 4.78 is 6.43.